The summed E-state index contributed by atoms with van der Waals surface area (Å²) in [5.74, 6) is -0.207. The first-order valence-electron chi connectivity index (χ1n) is 23.8. The fraction of sp³-hybridized carbons (Fsp3) is 0.462. The van der Waals surface area contributed by atoms with Gasteiger partial charge in [0.2, 0.25) is 0 Å². The number of rotatable bonds is 13. The van der Waals surface area contributed by atoms with E-state index in [2.05, 4.69) is 16.0 Å². The number of benzene rings is 4. The standard InChI is InChI=1S/C26H34N4O4.C22H26N4O2.C4H8O2.2H2S/c1-34-18-24(31)15-27-22-11-13-29(16-22)26(33)30-14-12-23(17-30)28-25(32)21-9-7-20(8-10-21)19-5-3-2-4-6-19;23-19-10-12-25(14-19)22(28)26-13-11-20(15-26)24-21(27)18-8-6-17(7-9-18)16-4-2-1-3-5-16;1-5-2-4-3-6-4;;/h2-10,22-24,27,31H,11-18H2,1H3,(H,28,32);1-9,19-20H,10-15,23H2,(H,24,27);4H,2-3H2,1H3;2*1H2/t22?,23-,24?;19?,20-;;;/m00.../s1. The van der Waals surface area contributed by atoms with Gasteiger partial charge in [-0.15, -0.1) is 0 Å². The highest BCUT2D eigenvalue weighted by Crippen LogP contribution is 2.23. The molecule has 5 fully saturated rings. The number of aliphatic hydroxyl groups is 1. The number of epoxide rings is 1. The first-order valence-corrected chi connectivity index (χ1v) is 23.8. The normalized spacial score (nSPS) is 21.5. The Morgan fingerprint density at radius 2 is 1.00 bits per heavy atom. The molecule has 5 aliphatic heterocycles. The molecule has 0 bridgehead atoms. The van der Waals surface area contributed by atoms with E-state index in [0.717, 1.165) is 67.7 Å². The van der Waals surface area contributed by atoms with Crippen LogP contribution in [0.2, 0.25) is 0 Å². The quantitative estimate of drug-likeness (QED) is 0.119. The summed E-state index contributed by atoms with van der Waals surface area (Å²) in [5, 5.41) is 19.2. The summed E-state index contributed by atoms with van der Waals surface area (Å²) in [6, 6.07) is 35.6. The molecule has 4 aromatic rings. The maximum Gasteiger partial charge on any atom is 0.320 e. The second-order valence-corrected chi connectivity index (χ2v) is 18.1. The predicted octanol–water partition coefficient (Wildman–Crippen LogP) is 4.52. The van der Waals surface area contributed by atoms with Crippen molar-refractivity contribution in [1.29, 1.82) is 0 Å². The average Bonchev–Trinajstić information content (AvgIpc) is 3.79. The van der Waals surface area contributed by atoms with Crippen LogP contribution in [-0.4, -0.2) is 178 Å². The number of carbonyl (C=O) groups is 4. The molecule has 5 aliphatic rings. The lowest BCUT2D eigenvalue weighted by Gasteiger charge is -2.25. The van der Waals surface area contributed by atoms with Crippen molar-refractivity contribution in [2.75, 3.05) is 92.9 Å². The van der Waals surface area contributed by atoms with Crippen LogP contribution in [0.5, 0.6) is 0 Å². The number of urea groups is 2. The zero-order valence-corrected chi connectivity index (χ0v) is 42.3. The van der Waals surface area contributed by atoms with Gasteiger partial charge in [0.15, 0.2) is 0 Å². The number of hydrogen-bond acceptors (Lipinski definition) is 10. The Morgan fingerprint density at radius 1 is 0.600 bits per heavy atom. The molecule has 0 saturated carbocycles. The highest BCUT2D eigenvalue weighted by Gasteiger charge is 2.35. The van der Waals surface area contributed by atoms with E-state index in [4.69, 9.17) is 19.9 Å². The third-order valence-electron chi connectivity index (χ3n) is 12.8. The number of amides is 6. The molecule has 5 saturated heterocycles. The lowest BCUT2D eigenvalue weighted by molar-refractivity contribution is 0.0629. The van der Waals surface area contributed by atoms with Crippen LogP contribution < -0.4 is 21.7 Å². The van der Waals surface area contributed by atoms with Crippen molar-refractivity contribution in [3.05, 3.63) is 120 Å². The first kappa shape index (κ1) is 55.7. The Labute approximate surface area is 426 Å². The summed E-state index contributed by atoms with van der Waals surface area (Å²) < 4.78 is 14.5. The van der Waals surface area contributed by atoms with Crippen molar-refractivity contribution in [3.63, 3.8) is 0 Å². The molecule has 0 spiro atoms. The van der Waals surface area contributed by atoms with Gasteiger partial charge in [0.05, 0.1) is 25.9 Å². The summed E-state index contributed by atoms with van der Waals surface area (Å²) in [6.07, 6.45) is 3.12. The predicted molar refractivity (Wildman–Crippen MR) is 282 cm³/mol. The molecule has 18 heteroatoms. The van der Waals surface area contributed by atoms with Gasteiger partial charge in [-0.25, -0.2) is 9.59 Å². The molecule has 0 radical (unpaired) electrons. The molecule has 4 unspecified atom stereocenters. The second kappa shape index (κ2) is 28.0. The molecular formula is C52H72N8O8S2. The summed E-state index contributed by atoms with van der Waals surface area (Å²) in [7, 11) is 3.24. The number of likely N-dealkylation sites (tertiary alicyclic amines) is 4. The number of hydrogen-bond donors (Lipinski definition) is 5. The lowest BCUT2D eigenvalue weighted by atomic mass is 10.0. The maximum absolute atomic E-state index is 12.9. The Bertz CT molecular complexity index is 2230. The minimum absolute atomic E-state index is 0. The molecule has 6 atom stereocenters. The number of carbonyl (C=O) groups excluding carboxylic acids is 4. The number of nitrogens with one attached hydrogen (secondary N) is 3. The molecular weight excluding hydrogens is 929 g/mol. The van der Waals surface area contributed by atoms with Gasteiger partial charge < -0.3 is 60.6 Å². The van der Waals surface area contributed by atoms with Gasteiger partial charge in [-0.2, -0.15) is 27.0 Å². The third kappa shape index (κ3) is 16.4. The van der Waals surface area contributed by atoms with Crippen molar-refractivity contribution in [1.82, 2.24) is 35.6 Å². The zero-order chi connectivity index (χ0) is 47.8. The minimum atomic E-state index is -0.549. The van der Waals surface area contributed by atoms with Crippen molar-refractivity contribution < 1.29 is 38.5 Å². The number of nitrogens with two attached hydrogens (primary N) is 1. The van der Waals surface area contributed by atoms with Gasteiger partial charge in [-0.05, 0) is 72.2 Å². The van der Waals surface area contributed by atoms with Crippen molar-refractivity contribution in [2.24, 2.45) is 5.73 Å². The van der Waals surface area contributed by atoms with E-state index in [9.17, 15) is 24.3 Å². The van der Waals surface area contributed by atoms with Crippen LogP contribution in [0.25, 0.3) is 22.3 Å². The van der Waals surface area contributed by atoms with Gasteiger partial charge in [-0.3, -0.25) is 9.59 Å². The molecule has 0 aliphatic carbocycles. The summed E-state index contributed by atoms with van der Waals surface area (Å²) in [5.41, 5.74) is 11.5. The van der Waals surface area contributed by atoms with Crippen LogP contribution in [0.4, 0.5) is 9.59 Å². The molecule has 70 heavy (non-hydrogen) atoms. The van der Waals surface area contributed by atoms with E-state index in [0.29, 0.717) is 76.2 Å². The number of methoxy groups -OCH3 is 2. The van der Waals surface area contributed by atoms with Crippen LogP contribution >= 0.6 is 27.0 Å². The molecule has 4 aromatic carbocycles. The highest BCUT2D eigenvalue weighted by molar-refractivity contribution is 7.59. The summed E-state index contributed by atoms with van der Waals surface area (Å²) in [6.45, 7) is 7.45. The SMILES string of the molecule is COCC(O)CNC1CCN(C(=O)N2CC[C@H](NC(=O)c3ccc(-c4ccccc4)cc3)C2)C1.COCC1CO1.NC1CCN(C(=O)N2CC[C@H](NC(=O)c3ccc(-c4ccccc4)cc3)C2)C1.S.S. The largest absolute Gasteiger partial charge is 0.389 e. The minimum Gasteiger partial charge on any atom is -0.389 e. The van der Waals surface area contributed by atoms with Gasteiger partial charge in [0.25, 0.3) is 11.8 Å². The maximum atomic E-state index is 12.9. The van der Waals surface area contributed by atoms with E-state index in [-0.39, 0.29) is 75.0 Å². The number of aliphatic hydroxyl groups excluding tert-OH is 1. The van der Waals surface area contributed by atoms with Crippen LogP contribution in [0.3, 0.4) is 0 Å². The monoisotopic (exact) mass is 1000 g/mol. The van der Waals surface area contributed by atoms with Gasteiger partial charge in [0, 0.05) is 108 Å². The molecule has 16 nitrogen and oxygen atoms in total. The van der Waals surface area contributed by atoms with Gasteiger partial charge in [0.1, 0.15) is 6.10 Å². The Balaban J connectivity index is 0.000000229. The fourth-order valence-electron chi connectivity index (χ4n) is 8.90. The number of nitrogens with zero attached hydrogens (tertiary/aromatic N) is 4. The summed E-state index contributed by atoms with van der Waals surface area (Å²) in [4.78, 5) is 58.1. The average molecular weight is 1000 g/mol. The van der Waals surface area contributed by atoms with E-state index in [1.165, 1.54) is 0 Å². The zero-order valence-electron chi connectivity index (χ0n) is 40.3. The van der Waals surface area contributed by atoms with Crippen molar-refractivity contribution in [3.8, 4) is 22.3 Å². The summed E-state index contributed by atoms with van der Waals surface area (Å²) >= 11 is 0. The number of ether oxygens (including phenoxy) is 3. The van der Waals surface area contributed by atoms with E-state index in [1.807, 2.05) is 129 Å². The molecule has 0 aromatic heterocycles. The Kier molecular flexibility index (Phi) is 22.3. The first-order chi connectivity index (χ1) is 33.1. The third-order valence-corrected chi connectivity index (χ3v) is 12.8. The van der Waals surface area contributed by atoms with Gasteiger partial charge >= 0.3 is 12.1 Å². The molecule has 6 amide bonds. The van der Waals surface area contributed by atoms with E-state index < -0.39 is 6.10 Å². The van der Waals surface area contributed by atoms with Crippen molar-refractivity contribution >= 4 is 50.9 Å². The van der Waals surface area contributed by atoms with Gasteiger partial charge in [-0.1, -0.05) is 84.9 Å². The van der Waals surface area contributed by atoms with Crippen LogP contribution in [0.15, 0.2) is 109 Å². The molecule has 380 valence electrons. The molecule has 9 rings (SSSR count). The van der Waals surface area contributed by atoms with E-state index >= 15 is 0 Å². The van der Waals surface area contributed by atoms with E-state index in [1.54, 1.807) is 14.2 Å². The van der Waals surface area contributed by atoms with Crippen LogP contribution in [-0.2, 0) is 14.2 Å². The topological polar surface area (TPSA) is 195 Å². The molecule has 6 N–H and O–H groups in total. The van der Waals surface area contributed by atoms with Crippen LogP contribution in [0, 0.1) is 0 Å². The fourth-order valence-corrected chi connectivity index (χ4v) is 8.90. The Hall–Kier alpha value is -5.18. The smallest absolute Gasteiger partial charge is 0.320 e. The molecule has 5 heterocycles. The Morgan fingerprint density at radius 3 is 1.39 bits per heavy atom. The second-order valence-electron chi connectivity index (χ2n) is 18.1. The van der Waals surface area contributed by atoms with Crippen molar-refractivity contribution in [2.45, 2.75) is 62.1 Å². The highest BCUT2D eigenvalue weighted by atomic mass is 32.1. The lowest BCUT2D eigenvalue weighted by Crippen LogP contribution is -2.45. The van der Waals surface area contributed by atoms with Crippen LogP contribution in [0.1, 0.15) is 46.4 Å².